The quantitative estimate of drug-likeness (QED) is 0.767. The maximum atomic E-state index is 12.3. The van der Waals surface area contributed by atoms with Gasteiger partial charge in [-0.15, -0.1) is 13.2 Å². The Hall–Kier alpha value is -2.16. The summed E-state index contributed by atoms with van der Waals surface area (Å²) in [7, 11) is 0. The van der Waals surface area contributed by atoms with E-state index in [0.29, 0.717) is 5.56 Å². The molecule has 1 rings (SSSR count). The molecule has 1 aromatic carbocycles. The third-order valence-electron chi connectivity index (χ3n) is 2.84. The van der Waals surface area contributed by atoms with E-state index in [0.717, 1.165) is 11.0 Å². The van der Waals surface area contributed by atoms with E-state index >= 15 is 0 Å². The summed E-state index contributed by atoms with van der Waals surface area (Å²) in [5.41, 5.74) is -0.401. The fourth-order valence-corrected chi connectivity index (χ4v) is 2.10. The summed E-state index contributed by atoms with van der Waals surface area (Å²) < 4.78 is 45.8. The fraction of sp³-hybridized carbons (Fsp3) is 0.500. The molecule has 10 heteroatoms. The van der Waals surface area contributed by atoms with Crippen LogP contribution in [0.1, 0.15) is 32.8 Å². The number of hydrogen-bond donors (Lipinski definition) is 1. The molecule has 0 fully saturated rings. The van der Waals surface area contributed by atoms with Crippen LogP contribution in [0, 0.1) is 0 Å². The lowest BCUT2D eigenvalue weighted by Crippen LogP contribution is -2.37. The van der Waals surface area contributed by atoms with Crippen molar-refractivity contribution >= 4 is 23.7 Å². The lowest BCUT2D eigenvalue weighted by molar-refractivity contribution is -0.274. The Bertz CT molecular complexity index is 658. The number of carbonyl (C=O) groups excluding carboxylic acids is 1. The molecule has 1 amide bonds. The average Bonchev–Trinajstić information content (AvgIpc) is 2.42. The first-order valence-electron chi connectivity index (χ1n) is 7.51. The molecule has 146 valence electrons. The van der Waals surface area contributed by atoms with E-state index < -0.39 is 29.8 Å². The van der Waals surface area contributed by atoms with Gasteiger partial charge in [0.25, 0.3) is 0 Å². The highest BCUT2D eigenvalue weighted by atomic mass is 35.5. The Morgan fingerprint density at radius 1 is 1.23 bits per heavy atom. The summed E-state index contributed by atoms with van der Waals surface area (Å²) in [6, 6.07) is 3.53. The molecule has 0 saturated carbocycles. The molecule has 26 heavy (non-hydrogen) atoms. The molecule has 0 radical (unpaired) electrons. The smallest absolute Gasteiger partial charge is 0.481 e. The monoisotopic (exact) mass is 397 g/mol. The van der Waals surface area contributed by atoms with Crippen LogP contribution in [-0.4, -0.2) is 40.6 Å². The summed E-state index contributed by atoms with van der Waals surface area (Å²) in [5.74, 6) is -1.68. The lowest BCUT2D eigenvalue weighted by atomic mass is 10.2. The van der Waals surface area contributed by atoms with Crippen LogP contribution >= 0.6 is 11.6 Å². The maximum Gasteiger partial charge on any atom is 0.573 e. The standard InChI is InChI=1S/C16H19ClF3NO5/c1-15(2,3)26-14(24)21(7-6-13(22)23)9-10-4-5-12(11(17)8-10)25-16(18,19)20/h4-5,8H,6-7,9H2,1-3H3,(H,22,23). The van der Waals surface area contributed by atoms with Gasteiger partial charge in [0.15, 0.2) is 0 Å². The van der Waals surface area contributed by atoms with E-state index in [-0.39, 0.29) is 24.5 Å². The number of halogens is 4. The Morgan fingerprint density at radius 3 is 2.31 bits per heavy atom. The molecule has 1 N–H and O–H groups in total. The molecule has 0 atom stereocenters. The number of nitrogens with zero attached hydrogens (tertiary/aromatic N) is 1. The molecule has 0 aliphatic carbocycles. The third-order valence-corrected chi connectivity index (χ3v) is 3.14. The number of alkyl halides is 3. The number of aliphatic carboxylic acids is 1. The van der Waals surface area contributed by atoms with E-state index in [2.05, 4.69) is 4.74 Å². The zero-order valence-electron chi connectivity index (χ0n) is 14.4. The van der Waals surface area contributed by atoms with Gasteiger partial charge in [0.1, 0.15) is 11.4 Å². The van der Waals surface area contributed by atoms with Crippen LogP contribution in [0.3, 0.4) is 0 Å². The first-order valence-corrected chi connectivity index (χ1v) is 7.88. The highest BCUT2D eigenvalue weighted by Gasteiger charge is 2.32. The molecule has 0 aromatic heterocycles. The molecule has 0 aliphatic heterocycles. The van der Waals surface area contributed by atoms with Crippen molar-refractivity contribution in [3.8, 4) is 5.75 Å². The number of rotatable bonds is 6. The molecule has 0 aliphatic rings. The molecule has 0 heterocycles. The van der Waals surface area contributed by atoms with E-state index in [1.807, 2.05) is 0 Å². The number of carboxylic acids is 1. The third kappa shape index (κ3) is 8.28. The Balaban J connectivity index is 2.94. The second-order valence-electron chi connectivity index (χ2n) is 6.36. The van der Waals surface area contributed by atoms with Gasteiger partial charge in [0.05, 0.1) is 11.4 Å². The first kappa shape index (κ1) is 21.9. The summed E-state index contributed by atoms with van der Waals surface area (Å²) in [5, 5.41) is 8.52. The summed E-state index contributed by atoms with van der Waals surface area (Å²) in [6.07, 6.45) is -5.94. The number of carboxylic acid groups (broad SMARTS) is 1. The SMILES string of the molecule is CC(C)(C)OC(=O)N(CCC(=O)O)Cc1ccc(OC(F)(F)F)c(Cl)c1. The van der Waals surface area contributed by atoms with Crippen LogP contribution in [0.5, 0.6) is 5.75 Å². The molecule has 0 bridgehead atoms. The maximum absolute atomic E-state index is 12.3. The molecule has 6 nitrogen and oxygen atoms in total. The molecule has 0 spiro atoms. The summed E-state index contributed by atoms with van der Waals surface area (Å²) in [6.45, 7) is 4.73. The van der Waals surface area contributed by atoms with Gasteiger partial charge < -0.3 is 19.5 Å². The minimum absolute atomic E-state index is 0.0891. The predicted molar refractivity (Wildman–Crippen MR) is 87.0 cm³/mol. The Morgan fingerprint density at radius 2 is 1.85 bits per heavy atom. The topological polar surface area (TPSA) is 76.1 Å². The van der Waals surface area contributed by atoms with Gasteiger partial charge in [-0.3, -0.25) is 4.79 Å². The largest absolute Gasteiger partial charge is 0.573 e. The highest BCUT2D eigenvalue weighted by Crippen LogP contribution is 2.31. The second kappa shape index (κ2) is 8.48. The number of benzene rings is 1. The van der Waals surface area contributed by atoms with E-state index in [9.17, 15) is 22.8 Å². The van der Waals surface area contributed by atoms with Crippen LogP contribution in [-0.2, 0) is 16.1 Å². The number of hydrogen-bond acceptors (Lipinski definition) is 4. The summed E-state index contributed by atoms with van der Waals surface area (Å²) in [4.78, 5) is 24.1. The van der Waals surface area contributed by atoms with Crippen LogP contribution in [0.2, 0.25) is 5.02 Å². The Kier molecular flexibility index (Phi) is 7.14. The van der Waals surface area contributed by atoms with Crippen LogP contribution in [0.25, 0.3) is 0 Å². The van der Waals surface area contributed by atoms with E-state index in [1.54, 1.807) is 20.8 Å². The van der Waals surface area contributed by atoms with Crippen molar-refractivity contribution in [1.29, 1.82) is 0 Å². The Labute approximate surface area is 153 Å². The normalized spacial score (nSPS) is 11.8. The highest BCUT2D eigenvalue weighted by molar-refractivity contribution is 6.32. The zero-order chi connectivity index (χ0) is 20.1. The second-order valence-corrected chi connectivity index (χ2v) is 6.77. The van der Waals surface area contributed by atoms with Gasteiger partial charge in [0.2, 0.25) is 0 Å². The summed E-state index contributed by atoms with van der Waals surface area (Å²) >= 11 is 5.78. The molecule has 1 aromatic rings. The van der Waals surface area contributed by atoms with Crippen molar-refractivity contribution in [2.24, 2.45) is 0 Å². The van der Waals surface area contributed by atoms with Gasteiger partial charge in [-0.25, -0.2) is 4.79 Å². The number of ether oxygens (including phenoxy) is 2. The van der Waals surface area contributed by atoms with Crippen molar-refractivity contribution in [2.75, 3.05) is 6.54 Å². The molecular formula is C16H19ClF3NO5. The lowest BCUT2D eigenvalue weighted by Gasteiger charge is -2.27. The van der Waals surface area contributed by atoms with Crippen molar-refractivity contribution in [3.63, 3.8) is 0 Å². The van der Waals surface area contributed by atoms with Gasteiger partial charge in [-0.2, -0.15) is 0 Å². The van der Waals surface area contributed by atoms with Crippen LogP contribution in [0.4, 0.5) is 18.0 Å². The van der Waals surface area contributed by atoms with Crippen molar-refractivity contribution in [3.05, 3.63) is 28.8 Å². The van der Waals surface area contributed by atoms with Crippen molar-refractivity contribution in [1.82, 2.24) is 4.90 Å². The minimum atomic E-state index is -4.88. The van der Waals surface area contributed by atoms with Crippen molar-refractivity contribution in [2.45, 2.75) is 45.7 Å². The van der Waals surface area contributed by atoms with Crippen molar-refractivity contribution < 1.29 is 37.3 Å². The fourth-order valence-electron chi connectivity index (χ4n) is 1.86. The minimum Gasteiger partial charge on any atom is -0.481 e. The van der Waals surface area contributed by atoms with Crippen LogP contribution in [0.15, 0.2) is 18.2 Å². The van der Waals surface area contributed by atoms with E-state index in [1.165, 1.54) is 12.1 Å². The first-order chi connectivity index (χ1) is 11.8. The predicted octanol–water partition coefficient (Wildman–Crippen LogP) is 4.45. The van der Waals surface area contributed by atoms with Crippen LogP contribution < -0.4 is 4.74 Å². The average molecular weight is 398 g/mol. The zero-order valence-corrected chi connectivity index (χ0v) is 15.1. The molecule has 0 unspecified atom stereocenters. The van der Waals surface area contributed by atoms with Gasteiger partial charge in [-0.1, -0.05) is 17.7 Å². The van der Waals surface area contributed by atoms with Gasteiger partial charge in [0, 0.05) is 13.1 Å². The molecular weight excluding hydrogens is 379 g/mol. The van der Waals surface area contributed by atoms with E-state index in [4.69, 9.17) is 21.4 Å². The van der Waals surface area contributed by atoms with Gasteiger partial charge in [-0.05, 0) is 38.5 Å². The van der Waals surface area contributed by atoms with Gasteiger partial charge >= 0.3 is 18.4 Å². The molecule has 0 saturated heterocycles. The number of amides is 1. The number of carbonyl (C=O) groups is 2.